The smallest absolute Gasteiger partial charge is 0.249 e. The summed E-state index contributed by atoms with van der Waals surface area (Å²) in [5.74, 6) is 1.24. The predicted molar refractivity (Wildman–Crippen MR) is 99.7 cm³/mol. The van der Waals surface area contributed by atoms with Crippen LogP contribution in [0.3, 0.4) is 0 Å². The van der Waals surface area contributed by atoms with Gasteiger partial charge in [0.25, 0.3) is 0 Å². The number of hydrogen-bond acceptors (Lipinski definition) is 5. The molecule has 3 unspecified atom stereocenters. The summed E-state index contributed by atoms with van der Waals surface area (Å²) in [7, 11) is 1.61. The number of benzene rings is 1. The van der Waals surface area contributed by atoms with Crippen LogP contribution in [-0.4, -0.2) is 45.0 Å². The van der Waals surface area contributed by atoms with Gasteiger partial charge < -0.3 is 24.3 Å². The summed E-state index contributed by atoms with van der Waals surface area (Å²) in [4.78, 5) is 12.4. The average molecular weight is 365 g/mol. The second kappa shape index (κ2) is 10.4. The topological polar surface area (TPSA) is 66.0 Å². The van der Waals surface area contributed by atoms with Gasteiger partial charge in [-0.1, -0.05) is 13.0 Å². The molecule has 1 saturated heterocycles. The molecule has 6 heteroatoms. The van der Waals surface area contributed by atoms with Crippen LogP contribution < -0.4 is 14.8 Å². The Morgan fingerprint density at radius 1 is 1.35 bits per heavy atom. The van der Waals surface area contributed by atoms with Gasteiger partial charge in [0.2, 0.25) is 5.91 Å². The third-order valence-electron chi connectivity index (χ3n) is 4.43. The Morgan fingerprint density at radius 2 is 2.15 bits per heavy atom. The Hall–Kier alpha value is -1.79. The molecule has 1 aromatic rings. The fourth-order valence-corrected chi connectivity index (χ4v) is 2.80. The normalized spacial score (nSPS) is 19.0. The van der Waals surface area contributed by atoms with E-state index in [9.17, 15) is 4.79 Å². The summed E-state index contributed by atoms with van der Waals surface area (Å²) in [6, 6.07) is 5.55. The van der Waals surface area contributed by atoms with Crippen LogP contribution in [0.25, 0.3) is 0 Å². The van der Waals surface area contributed by atoms with Gasteiger partial charge >= 0.3 is 0 Å². The number of ether oxygens (including phenoxy) is 4. The molecule has 1 heterocycles. The molecule has 26 heavy (non-hydrogen) atoms. The third-order valence-corrected chi connectivity index (χ3v) is 4.43. The summed E-state index contributed by atoms with van der Waals surface area (Å²) in [5.41, 5.74) is 0.949. The van der Waals surface area contributed by atoms with Gasteiger partial charge in [-0.3, -0.25) is 4.79 Å². The Labute approximate surface area is 156 Å². The fourth-order valence-electron chi connectivity index (χ4n) is 2.80. The number of carbonyl (C=O) groups is 1. The van der Waals surface area contributed by atoms with Gasteiger partial charge in [-0.2, -0.15) is 0 Å². The highest BCUT2D eigenvalue weighted by atomic mass is 16.5. The van der Waals surface area contributed by atoms with Crippen molar-refractivity contribution in [2.24, 2.45) is 0 Å². The van der Waals surface area contributed by atoms with Gasteiger partial charge in [-0.25, -0.2) is 0 Å². The minimum Gasteiger partial charge on any atom is -0.493 e. The van der Waals surface area contributed by atoms with Crippen molar-refractivity contribution in [3.05, 3.63) is 23.8 Å². The molecule has 0 spiro atoms. The van der Waals surface area contributed by atoms with E-state index >= 15 is 0 Å². The summed E-state index contributed by atoms with van der Waals surface area (Å²) < 4.78 is 22.2. The zero-order chi connectivity index (χ0) is 18.9. The van der Waals surface area contributed by atoms with Crippen LogP contribution in [0.2, 0.25) is 0 Å². The first-order valence-electron chi connectivity index (χ1n) is 9.39. The van der Waals surface area contributed by atoms with E-state index < -0.39 is 6.10 Å². The molecule has 0 aromatic heterocycles. The first-order valence-corrected chi connectivity index (χ1v) is 9.39. The van der Waals surface area contributed by atoms with Crippen molar-refractivity contribution >= 4 is 5.91 Å². The van der Waals surface area contributed by atoms with Crippen molar-refractivity contribution in [3.63, 3.8) is 0 Å². The van der Waals surface area contributed by atoms with Crippen molar-refractivity contribution in [1.29, 1.82) is 0 Å². The van der Waals surface area contributed by atoms with Crippen LogP contribution in [0.15, 0.2) is 18.2 Å². The Kier molecular flexibility index (Phi) is 8.19. The molecule has 1 aliphatic heterocycles. The minimum atomic E-state index is -0.518. The maximum Gasteiger partial charge on any atom is 0.249 e. The first-order chi connectivity index (χ1) is 12.5. The lowest BCUT2D eigenvalue weighted by Gasteiger charge is -2.20. The van der Waals surface area contributed by atoms with E-state index in [4.69, 9.17) is 18.9 Å². The Morgan fingerprint density at radius 3 is 2.81 bits per heavy atom. The Bertz CT molecular complexity index is 571. The zero-order valence-corrected chi connectivity index (χ0v) is 16.2. The average Bonchev–Trinajstić information content (AvgIpc) is 3.17. The highest BCUT2D eigenvalue weighted by molar-refractivity contribution is 5.80. The molecule has 3 atom stereocenters. The van der Waals surface area contributed by atoms with Crippen molar-refractivity contribution in [2.75, 3.05) is 26.9 Å². The number of methoxy groups -OCH3 is 1. The van der Waals surface area contributed by atoms with E-state index in [1.54, 1.807) is 14.0 Å². The second-order valence-corrected chi connectivity index (χ2v) is 6.60. The van der Waals surface area contributed by atoms with Crippen LogP contribution in [-0.2, 0) is 14.3 Å². The number of amides is 1. The van der Waals surface area contributed by atoms with Crippen LogP contribution in [0.5, 0.6) is 11.5 Å². The molecule has 1 aromatic carbocycles. The van der Waals surface area contributed by atoms with E-state index in [0.29, 0.717) is 24.7 Å². The second-order valence-electron chi connectivity index (χ2n) is 6.60. The van der Waals surface area contributed by atoms with Crippen molar-refractivity contribution in [3.8, 4) is 11.5 Å². The molecule has 0 radical (unpaired) electrons. The largest absolute Gasteiger partial charge is 0.493 e. The summed E-state index contributed by atoms with van der Waals surface area (Å²) >= 11 is 0. The van der Waals surface area contributed by atoms with Gasteiger partial charge in [-0.15, -0.1) is 0 Å². The predicted octanol–water partition coefficient (Wildman–Crippen LogP) is 3.25. The van der Waals surface area contributed by atoms with Crippen LogP contribution in [0.1, 0.15) is 51.6 Å². The van der Waals surface area contributed by atoms with E-state index in [1.165, 1.54) is 0 Å². The molecule has 6 nitrogen and oxygen atoms in total. The van der Waals surface area contributed by atoms with Crippen molar-refractivity contribution in [2.45, 2.75) is 58.3 Å². The van der Waals surface area contributed by atoms with E-state index in [0.717, 1.165) is 31.4 Å². The standard InChI is InChI=1S/C20H31NO5/c1-5-10-25-18-9-8-16(12-19(18)23-4)14(2)21-20(22)15(3)26-13-17-7-6-11-24-17/h8-9,12,14-15,17H,5-7,10-11,13H2,1-4H3,(H,21,22). The highest BCUT2D eigenvalue weighted by Gasteiger charge is 2.21. The molecule has 0 bridgehead atoms. The van der Waals surface area contributed by atoms with Crippen molar-refractivity contribution in [1.82, 2.24) is 5.32 Å². The quantitative estimate of drug-likeness (QED) is 0.689. The summed E-state index contributed by atoms with van der Waals surface area (Å²) in [6.07, 6.45) is 2.59. The van der Waals surface area contributed by atoms with Crippen LogP contribution in [0, 0.1) is 0 Å². The van der Waals surface area contributed by atoms with Crippen LogP contribution >= 0.6 is 0 Å². The lowest BCUT2D eigenvalue weighted by Crippen LogP contribution is -2.37. The summed E-state index contributed by atoms with van der Waals surface area (Å²) in [6.45, 7) is 7.64. The number of rotatable bonds is 10. The van der Waals surface area contributed by atoms with Gasteiger partial charge in [0.05, 0.1) is 32.5 Å². The molecule has 1 fully saturated rings. The van der Waals surface area contributed by atoms with Crippen molar-refractivity contribution < 1.29 is 23.7 Å². The lowest BCUT2D eigenvalue weighted by molar-refractivity contribution is -0.134. The molecule has 146 valence electrons. The van der Waals surface area contributed by atoms with Crippen LogP contribution in [0.4, 0.5) is 0 Å². The zero-order valence-electron chi connectivity index (χ0n) is 16.2. The molecule has 1 amide bonds. The third kappa shape index (κ3) is 5.88. The van der Waals surface area contributed by atoms with Gasteiger partial charge in [0.15, 0.2) is 11.5 Å². The van der Waals surface area contributed by atoms with Gasteiger partial charge in [-0.05, 0) is 50.8 Å². The molecule has 1 aliphatic rings. The van der Waals surface area contributed by atoms with E-state index in [1.807, 2.05) is 25.1 Å². The lowest BCUT2D eigenvalue weighted by atomic mass is 10.1. The highest BCUT2D eigenvalue weighted by Crippen LogP contribution is 2.30. The molecular formula is C20H31NO5. The Balaban J connectivity index is 1.88. The number of nitrogens with one attached hydrogen (secondary N) is 1. The molecule has 1 N–H and O–H groups in total. The maximum absolute atomic E-state index is 12.4. The van der Waals surface area contributed by atoms with Gasteiger partial charge in [0.1, 0.15) is 6.10 Å². The molecular weight excluding hydrogens is 334 g/mol. The minimum absolute atomic E-state index is 0.114. The molecule has 2 rings (SSSR count). The summed E-state index contributed by atoms with van der Waals surface area (Å²) in [5, 5.41) is 2.98. The monoisotopic (exact) mass is 365 g/mol. The number of carbonyl (C=O) groups excluding carboxylic acids is 1. The fraction of sp³-hybridized carbons (Fsp3) is 0.650. The number of hydrogen-bond donors (Lipinski definition) is 1. The molecule has 0 aliphatic carbocycles. The van der Waals surface area contributed by atoms with E-state index in [2.05, 4.69) is 12.2 Å². The van der Waals surface area contributed by atoms with E-state index in [-0.39, 0.29) is 18.1 Å². The maximum atomic E-state index is 12.4. The van der Waals surface area contributed by atoms with Gasteiger partial charge in [0, 0.05) is 6.61 Å². The molecule has 0 saturated carbocycles. The SMILES string of the molecule is CCCOc1ccc(C(C)NC(=O)C(C)OCC2CCCO2)cc1OC. The first kappa shape index (κ1) is 20.5.